The van der Waals surface area contributed by atoms with E-state index in [1.807, 2.05) is 48.5 Å². The largest absolute Gasteiger partial charge is 0.497 e. The van der Waals surface area contributed by atoms with E-state index in [2.05, 4.69) is 10.3 Å². The van der Waals surface area contributed by atoms with Crippen LogP contribution in [0.2, 0.25) is 0 Å². The first-order chi connectivity index (χ1) is 12.7. The van der Waals surface area contributed by atoms with Crippen LogP contribution >= 0.6 is 0 Å². The summed E-state index contributed by atoms with van der Waals surface area (Å²) in [5, 5.41) is 2.92. The summed E-state index contributed by atoms with van der Waals surface area (Å²) in [7, 11) is 1.63. The predicted molar refractivity (Wildman–Crippen MR) is 102 cm³/mol. The number of benzene rings is 2. The van der Waals surface area contributed by atoms with Gasteiger partial charge in [0.25, 0.3) is 0 Å². The van der Waals surface area contributed by atoms with E-state index in [0.29, 0.717) is 32.4 Å². The summed E-state index contributed by atoms with van der Waals surface area (Å²) in [5.41, 5.74) is 2.68. The first kappa shape index (κ1) is 17.8. The average Bonchev–Trinajstić information content (AvgIpc) is 2.99. The summed E-state index contributed by atoms with van der Waals surface area (Å²) in [4.78, 5) is 26.8. The number of H-pyrrole nitrogens is 1. The molecule has 1 heterocycles. The maximum Gasteiger partial charge on any atom is 0.326 e. The van der Waals surface area contributed by atoms with E-state index in [-0.39, 0.29) is 11.6 Å². The van der Waals surface area contributed by atoms with Gasteiger partial charge in [0.05, 0.1) is 18.1 Å². The van der Waals surface area contributed by atoms with Gasteiger partial charge >= 0.3 is 5.69 Å². The van der Waals surface area contributed by atoms with Crippen molar-refractivity contribution in [2.24, 2.45) is 0 Å². The van der Waals surface area contributed by atoms with Gasteiger partial charge in [-0.1, -0.05) is 24.3 Å². The Balaban J connectivity index is 1.43. The summed E-state index contributed by atoms with van der Waals surface area (Å²) < 4.78 is 6.89. The SMILES string of the molecule is COc1cccc(CCC(=O)NCCCn2c(=O)[nH]c3ccccc32)c1. The first-order valence-electron chi connectivity index (χ1n) is 8.74. The second-order valence-corrected chi connectivity index (χ2v) is 6.15. The second-order valence-electron chi connectivity index (χ2n) is 6.15. The highest BCUT2D eigenvalue weighted by Crippen LogP contribution is 2.14. The van der Waals surface area contributed by atoms with Gasteiger partial charge in [-0.05, 0) is 42.7 Å². The lowest BCUT2D eigenvalue weighted by atomic mass is 10.1. The smallest absolute Gasteiger partial charge is 0.326 e. The first-order valence-corrected chi connectivity index (χ1v) is 8.74. The summed E-state index contributed by atoms with van der Waals surface area (Å²) in [6.45, 7) is 1.11. The molecule has 0 fully saturated rings. The minimum absolute atomic E-state index is 0.0130. The maximum absolute atomic E-state index is 12.0. The second kappa shape index (κ2) is 8.38. The van der Waals surface area contributed by atoms with Gasteiger partial charge in [0, 0.05) is 19.5 Å². The van der Waals surface area contributed by atoms with Crippen molar-refractivity contribution in [1.82, 2.24) is 14.9 Å². The zero-order valence-corrected chi connectivity index (χ0v) is 14.8. The zero-order valence-electron chi connectivity index (χ0n) is 14.8. The van der Waals surface area contributed by atoms with Crippen molar-refractivity contribution >= 4 is 16.9 Å². The molecule has 6 nitrogen and oxygen atoms in total. The third kappa shape index (κ3) is 4.33. The van der Waals surface area contributed by atoms with E-state index in [1.54, 1.807) is 11.7 Å². The van der Waals surface area contributed by atoms with E-state index in [1.165, 1.54) is 0 Å². The molecule has 0 unspecified atom stereocenters. The van der Waals surface area contributed by atoms with Crippen LogP contribution in [0, 0.1) is 0 Å². The van der Waals surface area contributed by atoms with Gasteiger partial charge in [0.15, 0.2) is 0 Å². The van der Waals surface area contributed by atoms with Crippen LogP contribution in [0.25, 0.3) is 11.0 Å². The molecular formula is C20H23N3O3. The fraction of sp³-hybridized carbons (Fsp3) is 0.300. The number of para-hydroxylation sites is 2. The molecule has 26 heavy (non-hydrogen) atoms. The van der Waals surface area contributed by atoms with Gasteiger partial charge in [-0.15, -0.1) is 0 Å². The molecule has 0 atom stereocenters. The monoisotopic (exact) mass is 353 g/mol. The van der Waals surface area contributed by atoms with Crippen LogP contribution < -0.4 is 15.7 Å². The van der Waals surface area contributed by atoms with Crippen LogP contribution in [0.5, 0.6) is 5.75 Å². The van der Waals surface area contributed by atoms with E-state index in [9.17, 15) is 9.59 Å². The Morgan fingerprint density at radius 1 is 1.19 bits per heavy atom. The Kier molecular flexibility index (Phi) is 5.73. The molecule has 3 rings (SSSR count). The molecule has 1 aromatic heterocycles. The molecule has 0 saturated heterocycles. The predicted octanol–water partition coefficient (Wildman–Crippen LogP) is 2.48. The van der Waals surface area contributed by atoms with Crippen molar-refractivity contribution in [2.75, 3.05) is 13.7 Å². The van der Waals surface area contributed by atoms with Gasteiger partial charge in [-0.3, -0.25) is 9.36 Å². The van der Waals surface area contributed by atoms with Crippen molar-refractivity contribution in [3.8, 4) is 5.75 Å². The zero-order chi connectivity index (χ0) is 18.4. The van der Waals surface area contributed by atoms with Crippen molar-refractivity contribution in [1.29, 1.82) is 0 Å². The molecule has 6 heteroatoms. The quantitative estimate of drug-likeness (QED) is 0.611. The Morgan fingerprint density at radius 3 is 2.88 bits per heavy atom. The lowest BCUT2D eigenvalue weighted by molar-refractivity contribution is -0.121. The third-order valence-electron chi connectivity index (χ3n) is 4.34. The Morgan fingerprint density at radius 2 is 2.04 bits per heavy atom. The normalized spacial score (nSPS) is 10.8. The van der Waals surface area contributed by atoms with Crippen molar-refractivity contribution in [3.05, 3.63) is 64.6 Å². The molecule has 3 aromatic rings. The number of rotatable bonds is 8. The lowest BCUT2D eigenvalue weighted by Crippen LogP contribution is -2.26. The fourth-order valence-electron chi connectivity index (χ4n) is 2.97. The third-order valence-corrected chi connectivity index (χ3v) is 4.34. The number of nitrogens with zero attached hydrogens (tertiary/aromatic N) is 1. The van der Waals surface area contributed by atoms with Crippen LogP contribution in [0.4, 0.5) is 0 Å². The highest BCUT2D eigenvalue weighted by atomic mass is 16.5. The molecule has 136 valence electrons. The Bertz CT molecular complexity index is 943. The number of hydrogen-bond donors (Lipinski definition) is 2. The standard InChI is InChI=1S/C20H23N3O3/c1-26-16-7-4-6-15(14-16)10-11-19(24)21-12-5-13-23-18-9-3-2-8-17(18)22-20(23)25/h2-4,6-9,14H,5,10-13H2,1H3,(H,21,24)(H,22,25). The van der Waals surface area contributed by atoms with Crippen LogP contribution in [-0.4, -0.2) is 29.1 Å². The average molecular weight is 353 g/mol. The van der Waals surface area contributed by atoms with E-state index in [4.69, 9.17) is 4.74 Å². The number of methoxy groups -OCH3 is 1. The molecule has 0 bridgehead atoms. The highest BCUT2D eigenvalue weighted by molar-refractivity contribution is 5.76. The number of ether oxygens (including phenoxy) is 1. The number of aryl methyl sites for hydroxylation is 2. The van der Waals surface area contributed by atoms with Gasteiger partial charge < -0.3 is 15.0 Å². The summed E-state index contributed by atoms with van der Waals surface area (Å²) in [6, 6.07) is 15.3. The lowest BCUT2D eigenvalue weighted by Gasteiger charge is -2.07. The highest BCUT2D eigenvalue weighted by Gasteiger charge is 2.06. The van der Waals surface area contributed by atoms with Gasteiger partial charge in [-0.25, -0.2) is 4.79 Å². The fourth-order valence-corrected chi connectivity index (χ4v) is 2.97. The number of carbonyl (C=O) groups excluding carboxylic acids is 1. The number of aromatic nitrogens is 2. The topological polar surface area (TPSA) is 76.1 Å². The van der Waals surface area contributed by atoms with Gasteiger partial charge in [-0.2, -0.15) is 0 Å². The van der Waals surface area contributed by atoms with Gasteiger partial charge in [0.1, 0.15) is 5.75 Å². The van der Waals surface area contributed by atoms with Crippen molar-refractivity contribution in [3.63, 3.8) is 0 Å². The molecule has 0 aliphatic heterocycles. The molecule has 2 N–H and O–H groups in total. The van der Waals surface area contributed by atoms with Gasteiger partial charge in [0.2, 0.25) is 5.91 Å². The van der Waals surface area contributed by atoms with Crippen molar-refractivity contribution < 1.29 is 9.53 Å². The van der Waals surface area contributed by atoms with E-state index >= 15 is 0 Å². The Hall–Kier alpha value is -3.02. The van der Waals surface area contributed by atoms with Crippen LogP contribution in [0.1, 0.15) is 18.4 Å². The molecule has 2 aromatic carbocycles. The van der Waals surface area contributed by atoms with Crippen molar-refractivity contribution in [2.45, 2.75) is 25.8 Å². The molecular weight excluding hydrogens is 330 g/mol. The number of carbonyl (C=O) groups is 1. The molecule has 1 amide bonds. The van der Waals surface area contributed by atoms with E-state index < -0.39 is 0 Å². The minimum Gasteiger partial charge on any atom is -0.497 e. The summed E-state index contributed by atoms with van der Waals surface area (Å²) in [6.07, 6.45) is 1.80. The summed E-state index contributed by atoms with van der Waals surface area (Å²) in [5.74, 6) is 0.811. The molecule has 0 aliphatic carbocycles. The number of imidazole rings is 1. The number of fused-ring (bicyclic) bond motifs is 1. The maximum atomic E-state index is 12.0. The number of nitrogens with one attached hydrogen (secondary N) is 2. The van der Waals surface area contributed by atoms with Crippen LogP contribution in [0.3, 0.4) is 0 Å². The molecule has 0 radical (unpaired) electrons. The Labute approximate surface area is 151 Å². The minimum atomic E-state index is -0.115. The van der Waals surface area contributed by atoms with Crippen LogP contribution in [0.15, 0.2) is 53.3 Å². The number of hydrogen-bond acceptors (Lipinski definition) is 3. The van der Waals surface area contributed by atoms with Crippen LogP contribution in [-0.2, 0) is 17.8 Å². The summed E-state index contributed by atoms with van der Waals surface area (Å²) >= 11 is 0. The van der Waals surface area contributed by atoms with E-state index in [0.717, 1.165) is 22.3 Å². The molecule has 0 spiro atoms. The molecule has 0 aliphatic rings. The molecule has 0 saturated carbocycles. The number of amides is 1. The number of aromatic amines is 1.